The molecule has 2 N–H and O–H groups in total. The second kappa shape index (κ2) is 12.4. The molecule has 1 atom stereocenters. The molecule has 0 radical (unpaired) electrons. The lowest BCUT2D eigenvalue weighted by molar-refractivity contribution is 0.233. The largest absolute Gasteiger partial charge is 0.330 e. The molecule has 0 spiro atoms. The fourth-order valence-electron chi connectivity index (χ4n) is 3.24. The Kier molecular flexibility index (Phi) is 11.2. The van der Waals surface area contributed by atoms with Crippen molar-refractivity contribution in [3.8, 4) is 0 Å². The summed E-state index contributed by atoms with van der Waals surface area (Å²) in [6, 6.07) is 0. The van der Waals surface area contributed by atoms with Crippen LogP contribution in [-0.2, 0) is 0 Å². The molecule has 3 heteroatoms. The molecule has 0 amide bonds. The molecule has 1 unspecified atom stereocenters. The molecule has 126 valence electrons. The minimum absolute atomic E-state index is 0.639. The maximum absolute atomic E-state index is 5.74. The van der Waals surface area contributed by atoms with Crippen LogP contribution in [0, 0.1) is 5.92 Å². The standard InChI is InChI=1S/C18H39N3/c1-3-4-5-6-7-8-9-11-20-12-10-13-21(15-14-20)17-18(2)16-19/h18H,3-17,19H2,1-2H3. The number of hydrogen-bond donors (Lipinski definition) is 1. The summed E-state index contributed by atoms with van der Waals surface area (Å²) in [5.74, 6) is 0.639. The van der Waals surface area contributed by atoms with Gasteiger partial charge >= 0.3 is 0 Å². The van der Waals surface area contributed by atoms with E-state index in [-0.39, 0.29) is 0 Å². The summed E-state index contributed by atoms with van der Waals surface area (Å²) in [7, 11) is 0. The summed E-state index contributed by atoms with van der Waals surface area (Å²) >= 11 is 0. The Morgan fingerprint density at radius 1 is 0.857 bits per heavy atom. The van der Waals surface area contributed by atoms with Gasteiger partial charge in [-0.05, 0) is 44.9 Å². The van der Waals surface area contributed by atoms with Crippen LogP contribution in [0.5, 0.6) is 0 Å². The molecule has 1 heterocycles. The summed E-state index contributed by atoms with van der Waals surface area (Å²) in [6.45, 7) is 12.9. The first-order valence-corrected chi connectivity index (χ1v) is 9.41. The SMILES string of the molecule is CCCCCCCCCN1CCCN(CC(C)CN)CC1. The lowest BCUT2D eigenvalue weighted by atomic mass is 10.1. The number of rotatable bonds is 11. The molecular formula is C18H39N3. The van der Waals surface area contributed by atoms with Crippen molar-refractivity contribution >= 4 is 0 Å². The number of hydrogen-bond acceptors (Lipinski definition) is 3. The minimum atomic E-state index is 0.639. The molecular weight excluding hydrogens is 258 g/mol. The Balaban J connectivity index is 2.04. The summed E-state index contributed by atoms with van der Waals surface area (Å²) in [6.07, 6.45) is 11.2. The van der Waals surface area contributed by atoms with Crippen LogP contribution in [0.2, 0.25) is 0 Å². The molecule has 0 aromatic carbocycles. The molecule has 1 aliphatic heterocycles. The van der Waals surface area contributed by atoms with Gasteiger partial charge in [-0.2, -0.15) is 0 Å². The normalized spacial score (nSPS) is 19.6. The second-order valence-corrected chi connectivity index (χ2v) is 6.96. The van der Waals surface area contributed by atoms with Crippen LogP contribution < -0.4 is 5.73 Å². The maximum atomic E-state index is 5.74. The fourth-order valence-corrected chi connectivity index (χ4v) is 3.24. The molecule has 0 aliphatic carbocycles. The second-order valence-electron chi connectivity index (χ2n) is 6.96. The predicted octanol–water partition coefficient (Wildman–Crippen LogP) is 3.34. The van der Waals surface area contributed by atoms with Gasteiger partial charge in [0.05, 0.1) is 0 Å². The van der Waals surface area contributed by atoms with E-state index in [9.17, 15) is 0 Å². The Labute approximate surface area is 133 Å². The van der Waals surface area contributed by atoms with E-state index in [0.717, 1.165) is 6.54 Å². The smallest absolute Gasteiger partial charge is 0.0109 e. The van der Waals surface area contributed by atoms with Gasteiger partial charge in [0, 0.05) is 19.6 Å². The van der Waals surface area contributed by atoms with Gasteiger partial charge < -0.3 is 15.5 Å². The monoisotopic (exact) mass is 297 g/mol. The highest BCUT2D eigenvalue weighted by Gasteiger charge is 2.15. The van der Waals surface area contributed by atoms with Crippen molar-refractivity contribution in [2.24, 2.45) is 11.7 Å². The van der Waals surface area contributed by atoms with Crippen LogP contribution in [0.3, 0.4) is 0 Å². The van der Waals surface area contributed by atoms with Gasteiger partial charge in [-0.1, -0.05) is 52.4 Å². The molecule has 0 aromatic heterocycles. The van der Waals surface area contributed by atoms with Crippen molar-refractivity contribution in [1.29, 1.82) is 0 Å². The van der Waals surface area contributed by atoms with E-state index in [2.05, 4.69) is 23.6 Å². The summed E-state index contributed by atoms with van der Waals surface area (Å²) < 4.78 is 0. The van der Waals surface area contributed by atoms with E-state index in [1.54, 1.807) is 0 Å². The Morgan fingerprint density at radius 3 is 2.19 bits per heavy atom. The summed E-state index contributed by atoms with van der Waals surface area (Å²) in [5, 5.41) is 0. The average molecular weight is 298 g/mol. The highest BCUT2D eigenvalue weighted by molar-refractivity contribution is 4.71. The quantitative estimate of drug-likeness (QED) is 0.594. The van der Waals surface area contributed by atoms with Gasteiger partial charge in [-0.15, -0.1) is 0 Å². The molecule has 1 rings (SSSR count). The van der Waals surface area contributed by atoms with E-state index in [1.807, 2.05) is 0 Å². The van der Waals surface area contributed by atoms with E-state index in [1.165, 1.54) is 90.6 Å². The first-order valence-electron chi connectivity index (χ1n) is 9.41. The van der Waals surface area contributed by atoms with Crippen molar-refractivity contribution in [2.75, 3.05) is 45.8 Å². The zero-order valence-corrected chi connectivity index (χ0v) is 14.7. The van der Waals surface area contributed by atoms with E-state index >= 15 is 0 Å². The van der Waals surface area contributed by atoms with E-state index in [4.69, 9.17) is 5.73 Å². The van der Waals surface area contributed by atoms with Crippen LogP contribution in [0.15, 0.2) is 0 Å². The Bertz CT molecular complexity index is 233. The molecule has 0 saturated carbocycles. The van der Waals surface area contributed by atoms with Crippen molar-refractivity contribution in [3.63, 3.8) is 0 Å². The summed E-state index contributed by atoms with van der Waals surface area (Å²) in [4.78, 5) is 5.29. The molecule has 0 aromatic rings. The Hall–Kier alpha value is -0.120. The van der Waals surface area contributed by atoms with Crippen LogP contribution in [0.4, 0.5) is 0 Å². The van der Waals surface area contributed by atoms with Gasteiger partial charge in [0.2, 0.25) is 0 Å². The molecule has 0 bridgehead atoms. The van der Waals surface area contributed by atoms with Crippen LogP contribution in [-0.4, -0.2) is 55.6 Å². The third-order valence-electron chi connectivity index (χ3n) is 4.73. The third-order valence-corrected chi connectivity index (χ3v) is 4.73. The van der Waals surface area contributed by atoms with Crippen LogP contribution in [0.25, 0.3) is 0 Å². The van der Waals surface area contributed by atoms with Crippen LogP contribution in [0.1, 0.15) is 65.2 Å². The third kappa shape index (κ3) is 9.49. The van der Waals surface area contributed by atoms with Gasteiger partial charge in [0.1, 0.15) is 0 Å². The predicted molar refractivity (Wildman–Crippen MR) is 93.7 cm³/mol. The molecule has 3 nitrogen and oxygen atoms in total. The topological polar surface area (TPSA) is 32.5 Å². The lowest BCUT2D eigenvalue weighted by Gasteiger charge is -2.24. The van der Waals surface area contributed by atoms with E-state index < -0.39 is 0 Å². The first-order chi connectivity index (χ1) is 10.3. The highest BCUT2D eigenvalue weighted by atomic mass is 15.2. The molecule has 1 aliphatic rings. The van der Waals surface area contributed by atoms with Crippen molar-refractivity contribution in [3.05, 3.63) is 0 Å². The van der Waals surface area contributed by atoms with Gasteiger partial charge in [0.15, 0.2) is 0 Å². The number of nitrogens with zero attached hydrogens (tertiary/aromatic N) is 2. The van der Waals surface area contributed by atoms with Crippen LogP contribution >= 0.6 is 0 Å². The molecule has 1 fully saturated rings. The fraction of sp³-hybridized carbons (Fsp3) is 1.00. The molecule has 1 saturated heterocycles. The zero-order valence-electron chi connectivity index (χ0n) is 14.7. The van der Waals surface area contributed by atoms with Gasteiger partial charge in [-0.25, -0.2) is 0 Å². The molecule has 21 heavy (non-hydrogen) atoms. The lowest BCUT2D eigenvalue weighted by Crippen LogP contribution is -2.35. The zero-order chi connectivity index (χ0) is 15.3. The number of nitrogens with two attached hydrogens (primary N) is 1. The summed E-state index contributed by atoms with van der Waals surface area (Å²) in [5.41, 5.74) is 5.74. The van der Waals surface area contributed by atoms with E-state index in [0.29, 0.717) is 5.92 Å². The van der Waals surface area contributed by atoms with Gasteiger partial charge in [0.25, 0.3) is 0 Å². The maximum Gasteiger partial charge on any atom is 0.0109 e. The minimum Gasteiger partial charge on any atom is -0.330 e. The van der Waals surface area contributed by atoms with Crippen molar-refractivity contribution in [1.82, 2.24) is 9.80 Å². The highest BCUT2D eigenvalue weighted by Crippen LogP contribution is 2.10. The average Bonchev–Trinajstić information content (AvgIpc) is 2.71. The van der Waals surface area contributed by atoms with Crippen molar-refractivity contribution in [2.45, 2.75) is 65.2 Å². The number of unbranched alkanes of at least 4 members (excludes halogenated alkanes) is 6. The first kappa shape index (κ1) is 18.9. The Morgan fingerprint density at radius 2 is 1.48 bits per heavy atom. The van der Waals surface area contributed by atoms with Crippen molar-refractivity contribution < 1.29 is 0 Å². The van der Waals surface area contributed by atoms with Gasteiger partial charge in [-0.3, -0.25) is 0 Å².